The quantitative estimate of drug-likeness (QED) is 0.876. The van der Waals surface area contributed by atoms with E-state index in [2.05, 4.69) is 10.3 Å². The van der Waals surface area contributed by atoms with Crippen LogP contribution in [0.4, 0.5) is 5.69 Å². The molecule has 0 unspecified atom stereocenters. The van der Waals surface area contributed by atoms with Crippen LogP contribution >= 0.6 is 23.4 Å². The Hall–Kier alpha value is -2.31. The van der Waals surface area contributed by atoms with Crippen molar-refractivity contribution in [3.05, 3.63) is 65.2 Å². The third kappa shape index (κ3) is 4.41. The summed E-state index contributed by atoms with van der Waals surface area (Å²) in [7, 11) is 0. The number of amides is 2. The van der Waals surface area contributed by atoms with Crippen LogP contribution in [0.1, 0.15) is 5.56 Å². The first kappa shape index (κ1) is 17.5. The maximum absolute atomic E-state index is 12.1. The predicted molar refractivity (Wildman–Crippen MR) is 102 cm³/mol. The molecule has 1 heterocycles. The van der Waals surface area contributed by atoms with Gasteiger partial charge in [0, 0.05) is 6.54 Å². The second-order valence-corrected chi connectivity index (χ2v) is 6.68. The zero-order chi connectivity index (χ0) is 17.6. The number of carbonyl (C=O) groups excluding carboxylic acids is 2. The van der Waals surface area contributed by atoms with Crippen molar-refractivity contribution in [1.29, 1.82) is 0 Å². The van der Waals surface area contributed by atoms with Gasteiger partial charge in [0.15, 0.2) is 5.17 Å². The van der Waals surface area contributed by atoms with E-state index in [0.29, 0.717) is 22.4 Å². The Morgan fingerprint density at radius 2 is 1.88 bits per heavy atom. The van der Waals surface area contributed by atoms with Crippen molar-refractivity contribution in [3.63, 3.8) is 0 Å². The number of aliphatic imine (C=N–C) groups is 1. The number of nitrogens with one attached hydrogen (secondary N) is 1. The molecule has 2 aromatic carbocycles. The van der Waals surface area contributed by atoms with E-state index in [0.717, 1.165) is 5.56 Å². The molecule has 2 aromatic rings. The molecular weight excluding hydrogens is 358 g/mol. The standard InChI is InChI=1S/C18H16ClN3O2S/c19-14-8-4-5-9-15(14)22-17(24)11-21-18(22)25-12-16(23)20-10-13-6-2-1-3-7-13/h1-9H,10-12H2,(H,20,23). The highest BCUT2D eigenvalue weighted by Gasteiger charge is 2.29. The Balaban J connectivity index is 1.57. The highest BCUT2D eigenvalue weighted by atomic mass is 35.5. The number of thioether (sulfide) groups is 1. The fourth-order valence-corrected chi connectivity index (χ4v) is 3.41. The van der Waals surface area contributed by atoms with Gasteiger partial charge in [-0.25, -0.2) is 0 Å². The van der Waals surface area contributed by atoms with Crippen molar-refractivity contribution >= 4 is 46.0 Å². The molecule has 7 heteroatoms. The molecule has 5 nitrogen and oxygen atoms in total. The van der Waals surface area contributed by atoms with Gasteiger partial charge in [0.2, 0.25) is 5.91 Å². The molecule has 1 N–H and O–H groups in total. The lowest BCUT2D eigenvalue weighted by Gasteiger charge is -2.19. The van der Waals surface area contributed by atoms with Crippen molar-refractivity contribution in [1.82, 2.24) is 5.32 Å². The number of para-hydroxylation sites is 1. The third-order valence-electron chi connectivity index (χ3n) is 3.55. The van der Waals surface area contributed by atoms with Crippen molar-refractivity contribution < 1.29 is 9.59 Å². The molecule has 2 amide bonds. The van der Waals surface area contributed by atoms with E-state index in [1.807, 2.05) is 36.4 Å². The monoisotopic (exact) mass is 373 g/mol. The summed E-state index contributed by atoms with van der Waals surface area (Å²) in [4.78, 5) is 29.9. The smallest absolute Gasteiger partial charge is 0.254 e. The number of carbonyl (C=O) groups is 2. The molecule has 0 saturated carbocycles. The Kier molecular flexibility index (Phi) is 5.73. The van der Waals surface area contributed by atoms with Gasteiger partial charge in [0.25, 0.3) is 5.91 Å². The van der Waals surface area contributed by atoms with Crippen molar-refractivity contribution in [2.24, 2.45) is 4.99 Å². The van der Waals surface area contributed by atoms with Gasteiger partial charge in [-0.3, -0.25) is 19.5 Å². The first-order valence-electron chi connectivity index (χ1n) is 7.70. The van der Waals surface area contributed by atoms with Gasteiger partial charge in [-0.1, -0.05) is 65.8 Å². The van der Waals surface area contributed by atoms with Gasteiger partial charge < -0.3 is 5.32 Å². The van der Waals surface area contributed by atoms with Gasteiger partial charge in [-0.05, 0) is 17.7 Å². The number of nitrogens with zero attached hydrogens (tertiary/aromatic N) is 2. The van der Waals surface area contributed by atoms with Crippen LogP contribution in [0.3, 0.4) is 0 Å². The van der Waals surface area contributed by atoms with Crippen LogP contribution in [0.25, 0.3) is 0 Å². The average molecular weight is 374 g/mol. The molecule has 25 heavy (non-hydrogen) atoms. The summed E-state index contributed by atoms with van der Waals surface area (Å²) >= 11 is 7.40. The minimum Gasteiger partial charge on any atom is -0.351 e. The lowest BCUT2D eigenvalue weighted by molar-refractivity contribution is -0.118. The normalized spacial score (nSPS) is 13.7. The van der Waals surface area contributed by atoms with E-state index >= 15 is 0 Å². The van der Waals surface area contributed by atoms with Gasteiger partial charge in [-0.15, -0.1) is 0 Å². The van der Waals surface area contributed by atoms with E-state index < -0.39 is 0 Å². The van der Waals surface area contributed by atoms with Crippen LogP contribution < -0.4 is 10.2 Å². The van der Waals surface area contributed by atoms with Crippen molar-refractivity contribution in [2.45, 2.75) is 6.54 Å². The van der Waals surface area contributed by atoms with Crippen molar-refractivity contribution in [2.75, 3.05) is 17.2 Å². The molecule has 0 aliphatic carbocycles. The number of benzene rings is 2. The van der Waals surface area contributed by atoms with Gasteiger partial charge in [-0.2, -0.15) is 0 Å². The summed E-state index contributed by atoms with van der Waals surface area (Å²) in [6.45, 7) is 0.541. The van der Waals surface area contributed by atoms with E-state index in [1.54, 1.807) is 18.2 Å². The Morgan fingerprint density at radius 3 is 2.64 bits per heavy atom. The summed E-state index contributed by atoms with van der Waals surface area (Å²) in [6.07, 6.45) is 0. The molecule has 0 fully saturated rings. The van der Waals surface area contributed by atoms with Gasteiger partial charge >= 0.3 is 0 Å². The lowest BCUT2D eigenvalue weighted by Crippen LogP contribution is -2.32. The summed E-state index contributed by atoms with van der Waals surface area (Å²) in [5.41, 5.74) is 1.62. The molecule has 0 atom stereocenters. The maximum Gasteiger partial charge on any atom is 0.254 e. The number of hydrogen-bond acceptors (Lipinski definition) is 4. The first-order valence-corrected chi connectivity index (χ1v) is 9.07. The van der Waals surface area contributed by atoms with Crippen molar-refractivity contribution in [3.8, 4) is 0 Å². The van der Waals surface area contributed by atoms with E-state index in [4.69, 9.17) is 11.6 Å². The van der Waals surface area contributed by atoms with Gasteiger partial charge in [0.1, 0.15) is 6.54 Å². The second-order valence-electron chi connectivity index (χ2n) is 5.33. The molecule has 1 aliphatic heterocycles. The highest BCUT2D eigenvalue weighted by Crippen LogP contribution is 2.30. The zero-order valence-corrected chi connectivity index (χ0v) is 14.9. The van der Waals surface area contributed by atoms with Crippen LogP contribution in [0.15, 0.2) is 59.6 Å². The molecule has 0 spiro atoms. The Bertz CT molecular complexity index is 811. The molecule has 3 rings (SSSR count). The van der Waals surface area contributed by atoms with Crippen LogP contribution in [-0.4, -0.2) is 29.3 Å². The third-order valence-corrected chi connectivity index (χ3v) is 4.84. The molecule has 128 valence electrons. The lowest BCUT2D eigenvalue weighted by atomic mass is 10.2. The highest BCUT2D eigenvalue weighted by molar-refractivity contribution is 8.14. The summed E-state index contributed by atoms with van der Waals surface area (Å²) < 4.78 is 0. The van der Waals surface area contributed by atoms with Gasteiger partial charge in [0.05, 0.1) is 16.5 Å². The minimum absolute atomic E-state index is 0.0686. The fourth-order valence-electron chi connectivity index (χ4n) is 2.34. The van der Waals surface area contributed by atoms with Crippen LogP contribution in [-0.2, 0) is 16.1 Å². The topological polar surface area (TPSA) is 61.8 Å². The summed E-state index contributed by atoms with van der Waals surface area (Å²) in [6, 6.07) is 16.8. The number of hydrogen-bond donors (Lipinski definition) is 1. The average Bonchev–Trinajstić information content (AvgIpc) is 3.00. The molecule has 0 aromatic heterocycles. The van der Waals surface area contributed by atoms with Crippen LogP contribution in [0.2, 0.25) is 5.02 Å². The number of rotatable bonds is 5. The van der Waals surface area contributed by atoms with Crippen LogP contribution in [0.5, 0.6) is 0 Å². The summed E-state index contributed by atoms with van der Waals surface area (Å²) in [5, 5.41) is 3.82. The second kappa shape index (κ2) is 8.18. The maximum atomic E-state index is 12.1. The van der Waals surface area contributed by atoms with E-state index in [-0.39, 0.29) is 24.1 Å². The molecular formula is C18H16ClN3O2S. The number of anilines is 1. The zero-order valence-electron chi connectivity index (χ0n) is 13.3. The Morgan fingerprint density at radius 1 is 1.16 bits per heavy atom. The summed E-state index contributed by atoms with van der Waals surface area (Å²) in [5.74, 6) is -0.0878. The first-order chi connectivity index (χ1) is 12.1. The minimum atomic E-state index is -0.153. The Labute approximate surface area is 155 Å². The fraction of sp³-hybridized carbons (Fsp3) is 0.167. The van der Waals surface area contributed by atoms with E-state index in [9.17, 15) is 9.59 Å². The number of halogens is 1. The molecule has 0 bridgehead atoms. The van der Waals surface area contributed by atoms with Crippen LogP contribution in [0, 0.1) is 0 Å². The SMILES string of the molecule is O=C(CSC1=NCC(=O)N1c1ccccc1Cl)NCc1ccccc1. The van der Waals surface area contributed by atoms with E-state index in [1.165, 1.54) is 16.7 Å². The molecule has 0 radical (unpaired) electrons. The largest absolute Gasteiger partial charge is 0.351 e. The predicted octanol–water partition coefficient (Wildman–Crippen LogP) is 3.09. The molecule has 1 aliphatic rings. The number of amidine groups is 1. The molecule has 0 saturated heterocycles.